The summed E-state index contributed by atoms with van der Waals surface area (Å²) in [4.78, 5) is 48.9. The van der Waals surface area contributed by atoms with Gasteiger partial charge in [-0.25, -0.2) is 4.79 Å². The number of nitrogens with one attached hydrogen (secondary N) is 2. The van der Waals surface area contributed by atoms with Gasteiger partial charge in [0.2, 0.25) is 5.88 Å². The molecule has 0 spiro atoms. The molecule has 10 heteroatoms. The van der Waals surface area contributed by atoms with Crippen molar-refractivity contribution in [3.8, 4) is 11.3 Å². The van der Waals surface area contributed by atoms with Gasteiger partial charge in [0, 0.05) is 11.6 Å². The summed E-state index contributed by atoms with van der Waals surface area (Å²) >= 11 is 0. The molecule has 4 amide bonds. The van der Waals surface area contributed by atoms with Crippen LogP contribution in [0.4, 0.5) is 10.7 Å². The summed E-state index contributed by atoms with van der Waals surface area (Å²) in [6.45, 7) is 4.11. The van der Waals surface area contributed by atoms with Crippen LogP contribution in [0.25, 0.3) is 11.3 Å². The second-order valence-corrected chi connectivity index (χ2v) is 7.16. The van der Waals surface area contributed by atoms with Crippen LogP contribution in [0.2, 0.25) is 0 Å². The number of carbonyl (C=O) groups is 4. The number of anilines is 1. The highest BCUT2D eigenvalue weighted by molar-refractivity contribution is 6.08. The standard InChI is InChI=1S/C20H22N4O6/c1-4-20(3)18(27)24(19(28)22-20)10-17(26)29-11-15(25)21-16-9-14(23-30-16)13-7-5-12(2)6-8-13/h5-9H,4,10-11H2,1-3H3,(H,21,25)(H,22,28)/t20-/m0/s1. The van der Waals surface area contributed by atoms with Gasteiger partial charge in [0.1, 0.15) is 17.8 Å². The highest BCUT2D eigenvalue weighted by atomic mass is 16.5. The fraction of sp³-hybridized carbons (Fsp3) is 0.350. The van der Waals surface area contributed by atoms with E-state index >= 15 is 0 Å². The van der Waals surface area contributed by atoms with Crippen LogP contribution >= 0.6 is 0 Å². The number of amides is 4. The molecule has 0 saturated carbocycles. The first-order chi connectivity index (χ1) is 14.2. The number of hydrogen-bond acceptors (Lipinski definition) is 7. The van der Waals surface area contributed by atoms with Crippen molar-refractivity contribution < 1.29 is 28.4 Å². The van der Waals surface area contributed by atoms with Gasteiger partial charge in [-0.15, -0.1) is 0 Å². The van der Waals surface area contributed by atoms with Gasteiger partial charge in [0.25, 0.3) is 11.8 Å². The largest absolute Gasteiger partial charge is 0.454 e. The zero-order chi connectivity index (χ0) is 21.9. The Kier molecular flexibility index (Phi) is 5.86. The molecule has 0 radical (unpaired) electrons. The maximum absolute atomic E-state index is 12.3. The highest BCUT2D eigenvalue weighted by Gasteiger charge is 2.47. The summed E-state index contributed by atoms with van der Waals surface area (Å²) in [5.41, 5.74) is 1.42. The molecular formula is C20H22N4O6. The third-order valence-electron chi connectivity index (χ3n) is 4.82. The Hall–Kier alpha value is -3.69. The number of urea groups is 1. The Balaban J connectivity index is 1.49. The molecule has 0 aliphatic carbocycles. The SMILES string of the molecule is CC[C@]1(C)NC(=O)N(CC(=O)OCC(=O)Nc2cc(-c3ccc(C)cc3)no2)C1=O. The van der Waals surface area contributed by atoms with Crippen molar-refractivity contribution in [2.24, 2.45) is 0 Å². The fourth-order valence-electron chi connectivity index (χ4n) is 2.82. The summed E-state index contributed by atoms with van der Waals surface area (Å²) < 4.78 is 9.92. The number of aromatic nitrogens is 1. The second kappa shape index (κ2) is 8.36. The van der Waals surface area contributed by atoms with E-state index in [1.54, 1.807) is 19.9 Å². The van der Waals surface area contributed by atoms with E-state index in [1.807, 2.05) is 31.2 Å². The zero-order valence-electron chi connectivity index (χ0n) is 16.9. The Morgan fingerprint density at radius 3 is 2.60 bits per heavy atom. The number of hydrogen-bond donors (Lipinski definition) is 2. The maximum Gasteiger partial charge on any atom is 0.326 e. The third kappa shape index (κ3) is 4.48. The monoisotopic (exact) mass is 414 g/mol. The highest BCUT2D eigenvalue weighted by Crippen LogP contribution is 2.22. The van der Waals surface area contributed by atoms with Crippen molar-refractivity contribution in [3.05, 3.63) is 35.9 Å². The van der Waals surface area contributed by atoms with E-state index < -0.39 is 42.5 Å². The predicted octanol–water partition coefficient (Wildman–Crippen LogP) is 1.85. The number of ether oxygens (including phenoxy) is 1. The Bertz CT molecular complexity index is 983. The molecule has 30 heavy (non-hydrogen) atoms. The maximum atomic E-state index is 12.3. The van der Waals surface area contributed by atoms with Gasteiger partial charge in [-0.1, -0.05) is 41.9 Å². The molecule has 1 aromatic heterocycles. The Morgan fingerprint density at radius 1 is 1.27 bits per heavy atom. The summed E-state index contributed by atoms with van der Waals surface area (Å²) in [6, 6.07) is 8.48. The van der Waals surface area contributed by atoms with E-state index in [9.17, 15) is 19.2 Å². The summed E-state index contributed by atoms with van der Waals surface area (Å²) in [5, 5.41) is 8.84. The third-order valence-corrected chi connectivity index (χ3v) is 4.82. The molecule has 0 bridgehead atoms. The van der Waals surface area contributed by atoms with E-state index in [0.29, 0.717) is 12.1 Å². The van der Waals surface area contributed by atoms with Crippen LogP contribution in [-0.2, 0) is 19.1 Å². The van der Waals surface area contributed by atoms with Crippen molar-refractivity contribution in [3.63, 3.8) is 0 Å². The summed E-state index contributed by atoms with van der Waals surface area (Å²) in [5.74, 6) is -1.95. The molecule has 1 aromatic carbocycles. The van der Waals surface area contributed by atoms with Crippen molar-refractivity contribution in [2.45, 2.75) is 32.7 Å². The Labute approximate surface area is 172 Å². The lowest BCUT2D eigenvalue weighted by Gasteiger charge is -2.18. The number of benzene rings is 1. The first-order valence-electron chi connectivity index (χ1n) is 9.35. The molecular weight excluding hydrogens is 392 g/mol. The van der Waals surface area contributed by atoms with E-state index in [1.165, 1.54) is 0 Å². The van der Waals surface area contributed by atoms with Gasteiger partial charge in [-0.3, -0.25) is 24.6 Å². The average Bonchev–Trinajstić information content (AvgIpc) is 3.26. The van der Waals surface area contributed by atoms with E-state index in [2.05, 4.69) is 15.8 Å². The second-order valence-electron chi connectivity index (χ2n) is 7.16. The lowest BCUT2D eigenvalue weighted by Crippen LogP contribution is -2.43. The molecule has 1 saturated heterocycles. The van der Waals surface area contributed by atoms with Gasteiger partial charge in [-0.05, 0) is 20.3 Å². The van der Waals surface area contributed by atoms with Crippen LogP contribution in [0.1, 0.15) is 25.8 Å². The molecule has 1 fully saturated rings. The molecule has 1 aliphatic heterocycles. The molecule has 2 aromatic rings. The zero-order valence-corrected chi connectivity index (χ0v) is 16.9. The van der Waals surface area contributed by atoms with E-state index in [4.69, 9.17) is 9.26 Å². The van der Waals surface area contributed by atoms with Crippen molar-refractivity contribution >= 4 is 29.7 Å². The van der Waals surface area contributed by atoms with Gasteiger partial charge >= 0.3 is 12.0 Å². The molecule has 2 heterocycles. The minimum atomic E-state index is -1.05. The number of carbonyl (C=O) groups excluding carboxylic acids is 4. The molecule has 2 N–H and O–H groups in total. The first-order valence-corrected chi connectivity index (χ1v) is 9.35. The number of aryl methyl sites for hydroxylation is 1. The first kappa shape index (κ1) is 21.0. The molecule has 1 aliphatic rings. The molecule has 0 unspecified atom stereocenters. The summed E-state index contributed by atoms with van der Waals surface area (Å²) in [6.07, 6.45) is 0.382. The minimum Gasteiger partial charge on any atom is -0.454 e. The normalized spacial score (nSPS) is 18.3. The smallest absolute Gasteiger partial charge is 0.326 e. The lowest BCUT2D eigenvalue weighted by atomic mass is 9.99. The van der Waals surface area contributed by atoms with Gasteiger partial charge < -0.3 is 14.6 Å². The lowest BCUT2D eigenvalue weighted by molar-refractivity contribution is -0.150. The number of imide groups is 1. The topological polar surface area (TPSA) is 131 Å². The predicted molar refractivity (Wildman–Crippen MR) is 105 cm³/mol. The van der Waals surface area contributed by atoms with Gasteiger partial charge in [0.05, 0.1) is 0 Å². The fourth-order valence-corrected chi connectivity index (χ4v) is 2.82. The van der Waals surface area contributed by atoms with Gasteiger partial charge in [-0.2, -0.15) is 0 Å². The quantitative estimate of drug-likeness (QED) is 0.522. The van der Waals surface area contributed by atoms with Crippen LogP contribution in [0.3, 0.4) is 0 Å². The van der Waals surface area contributed by atoms with Crippen LogP contribution in [-0.4, -0.2) is 52.6 Å². The van der Waals surface area contributed by atoms with Crippen molar-refractivity contribution in [1.29, 1.82) is 0 Å². The average molecular weight is 414 g/mol. The van der Waals surface area contributed by atoms with E-state index in [-0.39, 0.29) is 5.88 Å². The van der Waals surface area contributed by atoms with E-state index in [0.717, 1.165) is 16.0 Å². The Morgan fingerprint density at radius 2 is 1.97 bits per heavy atom. The van der Waals surface area contributed by atoms with Crippen molar-refractivity contribution in [2.75, 3.05) is 18.5 Å². The minimum absolute atomic E-state index is 0.0967. The molecule has 1 atom stereocenters. The van der Waals surface area contributed by atoms with Crippen LogP contribution < -0.4 is 10.6 Å². The van der Waals surface area contributed by atoms with Crippen LogP contribution in [0.15, 0.2) is 34.9 Å². The van der Waals surface area contributed by atoms with Crippen LogP contribution in [0.5, 0.6) is 0 Å². The van der Waals surface area contributed by atoms with Crippen molar-refractivity contribution in [1.82, 2.24) is 15.4 Å². The summed E-state index contributed by atoms with van der Waals surface area (Å²) in [7, 11) is 0. The molecule has 10 nitrogen and oxygen atoms in total. The van der Waals surface area contributed by atoms with Crippen LogP contribution in [0, 0.1) is 6.92 Å². The number of rotatable bonds is 7. The molecule has 158 valence electrons. The number of esters is 1. The number of nitrogens with zero attached hydrogens (tertiary/aromatic N) is 2. The van der Waals surface area contributed by atoms with Gasteiger partial charge in [0.15, 0.2) is 6.61 Å². The molecule has 3 rings (SSSR count).